The molecule has 1 atom stereocenters. The summed E-state index contributed by atoms with van der Waals surface area (Å²) >= 11 is 9.32. The Morgan fingerprint density at radius 3 is 2.14 bits per heavy atom. The molecule has 0 aliphatic rings. The molecule has 0 aromatic rings. The van der Waals surface area contributed by atoms with Crippen molar-refractivity contribution in [1.82, 2.24) is 0 Å². The first-order valence-electron chi connectivity index (χ1n) is 2.35. The van der Waals surface area contributed by atoms with E-state index in [1.165, 1.54) is 6.42 Å². The molecular formula is C4H11PS2. The zero-order valence-corrected chi connectivity index (χ0v) is 7.32. The average Bonchev–Trinajstić information content (AvgIpc) is 1.30. The van der Waals surface area contributed by atoms with Gasteiger partial charge in [0.25, 0.3) is 0 Å². The van der Waals surface area contributed by atoms with E-state index < -0.39 is 5.24 Å². The second-order valence-electron chi connectivity index (χ2n) is 1.77. The average molecular weight is 154 g/mol. The van der Waals surface area contributed by atoms with Crippen LogP contribution in [-0.2, 0) is 11.8 Å². The molecule has 0 heterocycles. The highest BCUT2D eigenvalue weighted by Gasteiger charge is 1.97. The maximum Gasteiger partial charge on any atom is 0.000473 e. The Bertz CT molecular complexity index is 83.7. The zero-order valence-electron chi connectivity index (χ0n) is 4.72. The minimum Gasteiger partial charge on any atom is -0.141 e. The van der Waals surface area contributed by atoms with Crippen molar-refractivity contribution in [1.29, 1.82) is 0 Å². The van der Waals surface area contributed by atoms with Crippen LogP contribution >= 0.6 is 17.5 Å². The number of hydrogen-bond donors (Lipinski definition) is 1. The van der Waals surface area contributed by atoms with Crippen LogP contribution in [0.25, 0.3) is 0 Å². The fraction of sp³-hybridized carbons (Fsp3) is 1.00. The van der Waals surface area contributed by atoms with Crippen molar-refractivity contribution in [3.63, 3.8) is 0 Å². The lowest BCUT2D eigenvalue weighted by Crippen LogP contribution is -1.74. The monoisotopic (exact) mass is 154 g/mol. The van der Waals surface area contributed by atoms with Crippen molar-refractivity contribution in [2.45, 2.75) is 13.3 Å². The van der Waals surface area contributed by atoms with Gasteiger partial charge in [0.1, 0.15) is 0 Å². The Morgan fingerprint density at radius 1 is 1.71 bits per heavy atom. The normalized spacial score (nSPS) is 18.7. The van der Waals surface area contributed by atoms with Crippen molar-refractivity contribution in [2.75, 3.05) is 12.8 Å². The minimum absolute atomic E-state index is 1.13. The van der Waals surface area contributed by atoms with Gasteiger partial charge in [0.2, 0.25) is 0 Å². The highest BCUT2D eigenvalue weighted by Crippen LogP contribution is 2.46. The standard InChI is InChI=1S/C4H11PS2/c1-3-4-5(2,6)7/h3-4H2,1-2H3,(H,6,7). The van der Waals surface area contributed by atoms with Crippen LogP contribution in [0, 0.1) is 0 Å². The van der Waals surface area contributed by atoms with E-state index in [-0.39, 0.29) is 0 Å². The number of rotatable bonds is 2. The number of thiol groups is 1. The van der Waals surface area contributed by atoms with Gasteiger partial charge in [0.15, 0.2) is 0 Å². The molecule has 1 unspecified atom stereocenters. The molecular weight excluding hydrogens is 143 g/mol. The second-order valence-corrected chi connectivity index (χ2v) is 10.2. The Morgan fingerprint density at radius 2 is 2.14 bits per heavy atom. The molecule has 0 aliphatic carbocycles. The molecule has 0 saturated carbocycles. The van der Waals surface area contributed by atoms with E-state index in [0.29, 0.717) is 0 Å². The molecule has 0 radical (unpaired) electrons. The summed E-state index contributed by atoms with van der Waals surface area (Å²) in [6.45, 7) is 4.20. The lowest BCUT2D eigenvalue weighted by Gasteiger charge is -2.03. The van der Waals surface area contributed by atoms with Gasteiger partial charge in [0, 0.05) is 5.24 Å². The summed E-state index contributed by atoms with van der Waals surface area (Å²) in [5, 5.41) is -1.14. The third-order valence-electron chi connectivity index (χ3n) is 0.639. The van der Waals surface area contributed by atoms with Gasteiger partial charge in [-0.1, -0.05) is 25.2 Å². The molecule has 0 fully saturated rings. The van der Waals surface area contributed by atoms with Crippen molar-refractivity contribution >= 4 is 29.3 Å². The van der Waals surface area contributed by atoms with Crippen LogP contribution in [0.1, 0.15) is 13.3 Å². The Hall–Kier alpha value is 1.00. The highest BCUT2D eigenvalue weighted by atomic mass is 32.9. The first kappa shape index (κ1) is 8.00. The molecule has 0 N–H and O–H groups in total. The molecule has 0 aliphatic heterocycles. The fourth-order valence-corrected chi connectivity index (χ4v) is 2.39. The molecule has 44 valence electrons. The van der Waals surface area contributed by atoms with Crippen LogP contribution in [0.15, 0.2) is 0 Å². The lowest BCUT2D eigenvalue weighted by molar-refractivity contribution is 1.10. The molecule has 0 amide bonds. The van der Waals surface area contributed by atoms with Crippen molar-refractivity contribution < 1.29 is 0 Å². The van der Waals surface area contributed by atoms with Gasteiger partial charge < -0.3 is 0 Å². The molecule has 0 spiro atoms. The fourth-order valence-electron chi connectivity index (χ4n) is 0.415. The predicted octanol–water partition coefficient (Wildman–Crippen LogP) is 2.35. The highest BCUT2D eigenvalue weighted by molar-refractivity contribution is 8.63. The molecule has 0 aromatic heterocycles. The maximum absolute atomic E-state index is 5.06. The van der Waals surface area contributed by atoms with E-state index in [2.05, 4.69) is 25.8 Å². The minimum atomic E-state index is -1.14. The van der Waals surface area contributed by atoms with Gasteiger partial charge in [-0.25, -0.2) is 0 Å². The molecule has 3 heteroatoms. The maximum atomic E-state index is 5.06. The van der Waals surface area contributed by atoms with Crippen LogP contribution in [0.4, 0.5) is 0 Å². The molecule has 0 nitrogen and oxygen atoms in total. The quantitative estimate of drug-likeness (QED) is 0.470. The van der Waals surface area contributed by atoms with E-state index in [0.717, 1.165) is 6.16 Å². The van der Waals surface area contributed by atoms with Crippen LogP contribution in [0.3, 0.4) is 0 Å². The van der Waals surface area contributed by atoms with E-state index >= 15 is 0 Å². The third-order valence-corrected chi connectivity index (χ3v) is 3.06. The van der Waals surface area contributed by atoms with E-state index in [4.69, 9.17) is 11.8 Å². The molecule has 7 heavy (non-hydrogen) atoms. The van der Waals surface area contributed by atoms with Crippen LogP contribution < -0.4 is 0 Å². The summed E-state index contributed by atoms with van der Waals surface area (Å²) in [5.74, 6) is 0. The van der Waals surface area contributed by atoms with Crippen LogP contribution in [-0.4, -0.2) is 12.8 Å². The van der Waals surface area contributed by atoms with Crippen molar-refractivity contribution in [3.8, 4) is 0 Å². The van der Waals surface area contributed by atoms with Crippen LogP contribution in [0.5, 0.6) is 0 Å². The summed E-state index contributed by atoms with van der Waals surface area (Å²) < 4.78 is 0. The Kier molecular flexibility index (Phi) is 3.56. The van der Waals surface area contributed by atoms with Gasteiger partial charge in [-0.05, 0) is 12.8 Å². The van der Waals surface area contributed by atoms with Gasteiger partial charge in [0.05, 0.1) is 0 Å². The molecule has 0 aromatic carbocycles. The number of hydrogen-bond acceptors (Lipinski definition) is 1. The first-order chi connectivity index (χ1) is 3.06. The summed E-state index contributed by atoms with van der Waals surface area (Å²) in [5.41, 5.74) is 0. The SMILES string of the molecule is CCCP(C)(=S)S. The predicted molar refractivity (Wildman–Crippen MR) is 44.4 cm³/mol. The van der Waals surface area contributed by atoms with Gasteiger partial charge in [-0.2, -0.15) is 0 Å². The van der Waals surface area contributed by atoms with Crippen LogP contribution in [0.2, 0.25) is 0 Å². The first-order valence-corrected chi connectivity index (χ1v) is 6.94. The molecule has 0 saturated heterocycles. The largest absolute Gasteiger partial charge is 0.141 e. The smallest absolute Gasteiger partial charge is 0.000473 e. The lowest BCUT2D eigenvalue weighted by atomic mass is 10.6. The molecule has 0 bridgehead atoms. The third kappa shape index (κ3) is 7.00. The Balaban J connectivity index is 3.36. The van der Waals surface area contributed by atoms with E-state index in [1.54, 1.807) is 0 Å². The van der Waals surface area contributed by atoms with Gasteiger partial charge in [-0.3, -0.25) is 0 Å². The zero-order chi connectivity index (χ0) is 5.91. The van der Waals surface area contributed by atoms with Crippen molar-refractivity contribution in [3.05, 3.63) is 0 Å². The topological polar surface area (TPSA) is 0 Å². The Labute approximate surface area is 55.9 Å². The second kappa shape index (κ2) is 3.11. The van der Waals surface area contributed by atoms with Crippen molar-refractivity contribution in [2.24, 2.45) is 0 Å². The van der Waals surface area contributed by atoms with E-state index in [9.17, 15) is 0 Å². The van der Waals surface area contributed by atoms with Gasteiger partial charge in [-0.15, -0.1) is 12.2 Å². The summed E-state index contributed by atoms with van der Waals surface area (Å²) in [4.78, 5) is 0. The summed E-state index contributed by atoms with van der Waals surface area (Å²) in [6, 6.07) is 0. The summed E-state index contributed by atoms with van der Waals surface area (Å²) in [7, 11) is 0. The van der Waals surface area contributed by atoms with E-state index in [1.807, 2.05) is 0 Å². The molecule has 0 rings (SSSR count). The summed E-state index contributed by atoms with van der Waals surface area (Å²) in [6.07, 6.45) is 2.31. The van der Waals surface area contributed by atoms with Gasteiger partial charge >= 0.3 is 0 Å².